The van der Waals surface area contributed by atoms with Gasteiger partial charge in [0.05, 0.1) is 15.5 Å². The van der Waals surface area contributed by atoms with Gasteiger partial charge in [0.2, 0.25) is 5.78 Å². The maximum absolute atomic E-state index is 12.8. The van der Waals surface area contributed by atoms with E-state index < -0.39 is 21.7 Å². The number of ketones is 1. The summed E-state index contributed by atoms with van der Waals surface area (Å²) in [5.41, 5.74) is 0.319. The lowest BCUT2D eigenvalue weighted by Gasteiger charge is -2.29. The van der Waals surface area contributed by atoms with Crippen LogP contribution in [0.4, 0.5) is 0 Å². The van der Waals surface area contributed by atoms with Gasteiger partial charge in [-0.25, -0.2) is 8.42 Å². The van der Waals surface area contributed by atoms with Gasteiger partial charge in [-0.2, -0.15) is 0 Å². The lowest BCUT2D eigenvalue weighted by Crippen LogP contribution is -2.39. The van der Waals surface area contributed by atoms with Crippen molar-refractivity contribution in [3.05, 3.63) is 76.1 Å². The van der Waals surface area contributed by atoms with Crippen molar-refractivity contribution in [1.29, 1.82) is 0 Å². The van der Waals surface area contributed by atoms with Crippen LogP contribution in [-0.2, 0) is 10.0 Å². The molecule has 2 aromatic rings. The quantitative estimate of drug-likeness (QED) is 0.799. The number of hydrogen-bond acceptors (Lipinski definition) is 4. The molecule has 0 spiro atoms. The van der Waals surface area contributed by atoms with E-state index in [9.17, 15) is 18.0 Å². The fraction of sp³-hybridized carbons (Fsp3) is 0.111. The molecule has 0 bridgehead atoms. The summed E-state index contributed by atoms with van der Waals surface area (Å²) in [6.45, 7) is 1.47. The number of likely N-dealkylation sites (N-methyl/N-ethyl adjacent to an activating group) is 1. The van der Waals surface area contributed by atoms with Gasteiger partial charge < -0.3 is 5.32 Å². The second-order valence-electron chi connectivity index (χ2n) is 5.71. The SMILES string of the molecule is C/C(NC(=O)c1ccccc1Cl)=C1\C(=O)c2ccccc2S(=O)(=O)N1C. The van der Waals surface area contributed by atoms with Crippen LogP contribution in [0.5, 0.6) is 0 Å². The standard InChI is InChI=1S/C18H15ClN2O4S/c1-11(20-18(23)12-7-3-5-9-14(12)19)16-17(22)13-8-4-6-10-15(13)26(24,25)21(16)2/h3-10H,1-2H3,(H,20,23)/b16-11-. The Morgan fingerprint density at radius 1 is 1.08 bits per heavy atom. The van der Waals surface area contributed by atoms with E-state index in [2.05, 4.69) is 5.32 Å². The molecule has 0 saturated carbocycles. The van der Waals surface area contributed by atoms with Gasteiger partial charge in [-0.3, -0.25) is 13.9 Å². The van der Waals surface area contributed by atoms with Crippen molar-refractivity contribution in [2.24, 2.45) is 0 Å². The van der Waals surface area contributed by atoms with Crippen LogP contribution in [0.2, 0.25) is 5.02 Å². The molecule has 0 saturated heterocycles. The Morgan fingerprint density at radius 2 is 1.69 bits per heavy atom. The molecule has 0 radical (unpaired) electrons. The third kappa shape index (κ3) is 2.89. The number of benzene rings is 2. The van der Waals surface area contributed by atoms with Gasteiger partial charge in [0.1, 0.15) is 5.70 Å². The maximum Gasteiger partial charge on any atom is 0.264 e. The van der Waals surface area contributed by atoms with E-state index in [-0.39, 0.29) is 32.4 Å². The monoisotopic (exact) mass is 390 g/mol. The molecule has 2 aromatic carbocycles. The maximum atomic E-state index is 12.8. The van der Waals surface area contributed by atoms with E-state index in [0.29, 0.717) is 0 Å². The molecule has 0 atom stereocenters. The second kappa shape index (κ2) is 6.59. The lowest BCUT2D eigenvalue weighted by molar-refractivity contribution is 0.0963. The molecule has 1 aliphatic rings. The summed E-state index contributed by atoms with van der Waals surface area (Å²) in [7, 11) is -2.60. The number of Topliss-reactive ketones (excluding diaryl/α,β-unsaturated/α-hetero) is 1. The molecule has 3 rings (SSSR count). The number of hydrogen-bond donors (Lipinski definition) is 1. The van der Waals surface area contributed by atoms with Crippen LogP contribution in [-0.4, -0.2) is 31.5 Å². The molecule has 26 heavy (non-hydrogen) atoms. The van der Waals surface area contributed by atoms with E-state index >= 15 is 0 Å². The molecule has 1 aliphatic heterocycles. The van der Waals surface area contributed by atoms with Crippen molar-refractivity contribution < 1.29 is 18.0 Å². The van der Waals surface area contributed by atoms with E-state index in [1.807, 2.05) is 0 Å². The summed E-state index contributed by atoms with van der Waals surface area (Å²) in [6, 6.07) is 12.4. The number of allylic oxidation sites excluding steroid dienone is 2. The molecule has 1 amide bonds. The average molecular weight is 391 g/mol. The summed E-state index contributed by atoms with van der Waals surface area (Å²) >= 11 is 6.01. The summed E-state index contributed by atoms with van der Waals surface area (Å²) in [5.74, 6) is -1.01. The van der Waals surface area contributed by atoms with Gasteiger partial charge in [-0.15, -0.1) is 0 Å². The van der Waals surface area contributed by atoms with Crippen LogP contribution in [0.3, 0.4) is 0 Å². The first kappa shape index (κ1) is 18.2. The number of sulfonamides is 1. The Balaban J connectivity index is 2.06. The van der Waals surface area contributed by atoms with E-state index in [1.54, 1.807) is 30.3 Å². The molecule has 0 aromatic heterocycles. The third-order valence-electron chi connectivity index (χ3n) is 4.07. The minimum atomic E-state index is -3.88. The Hall–Kier alpha value is -2.64. The smallest absolute Gasteiger partial charge is 0.264 e. The molecular formula is C18H15ClN2O4S. The van der Waals surface area contributed by atoms with Crippen LogP contribution in [0.25, 0.3) is 0 Å². The number of nitrogens with one attached hydrogen (secondary N) is 1. The summed E-state index contributed by atoms with van der Waals surface area (Å²) in [5, 5.41) is 2.82. The largest absolute Gasteiger partial charge is 0.324 e. The number of carbonyl (C=O) groups excluding carboxylic acids is 2. The lowest BCUT2D eigenvalue weighted by atomic mass is 10.1. The highest BCUT2D eigenvalue weighted by atomic mass is 35.5. The molecular weight excluding hydrogens is 376 g/mol. The van der Waals surface area contributed by atoms with Gasteiger partial charge in [0, 0.05) is 18.3 Å². The number of halogens is 1. The van der Waals surface area contributed by atoms with Crippen LogP contribution >= 0.6 is 11.6 Å². The van der Waals surface area contributed by atoms with E-state index in [1.165, 1.54) is 32.2 Å². The zero-order chi connectivity index (χ0) is 19.1. The van der Waals surface area contributed by atoms with Crippen LogP contribution in [0, 0.1) is 0 Å². The minimum absolute atomic E-state index is 0.0542. The van der Waals surface area contributed by atoms with Crippen molar-refractivity contribution in [1.82, 2.24) is 9.62 Å². The Morgan fingerprint density at radius 3 is 2.38 bits per heavy atom. The summed E-state index contributed by atoms with van der Waals surface area (Å²) in [6.07, 6.45) is 0. The molecule has 8 heteroatoms. The molecule has 0 unspecified atom stereocenters. The summed E-state index contributed by atoms with van der Waals surface area (Å²) in [4.78, 5) is 25.2. The van der Waals surface area contributed by atoms with Crippen molar-refractivity contribution in [3.8, 4) is 0 Å². The molecule has 6 nitrogen and oxygen atoms in total. The highest BCUT2D eigenvalue weighted by Gasteiger charge is 2.38. The predicted molar refractivity (Wildman–Crippen MR) is 97.3 cm³/mol. The van der Waals surface area contributed by atoms with E-state index in [4.69, 9.17) is 11.6 Å². The number of carbonyl (C=O) groups is 2. The third-order valence-corrected chi connectivity index (χ3v) is 6.22. The number of fused-ring (bicyclic) bond motifs is 1. The summed E-state index contributed by atoms with van der Waals surface area (Å²) < 4.78 is 26.2. The number of amides is 1. The van der Waals surface area contributed by atoms with Crippen LogP contribution in [0.15, 0.2) is 64.8 Å². The van der Waals surface area contributed by atoms with Crippen molar-refractivity contribution in [2.75, 3.05) is 7.05 Å². The predicted octanol–water partition coefficient (Wildman–Crippen LogP) is 2.82. The molecule has 1 N–H and O–H groups in total. The molecule has 1 heterocycles. The normalized spacial score (nSPS) is 17.5. The molecule has 134 valence electrons. The number of nitrogens with zero attached hydrogens (tertiary/aromatic N) is 1. The van der Waals surface area contributed by atoms with Crippen molar-refractivity contribution >= 4 is 33.3 Å². The van der Waals surface area contributed by atoms with Gasteiger partial charge in [0.25, 0.3) is 15.9 Å². The number of rotatable bonds is 2. The van der Waals surface area contributed by atoms with E-state index in [0.717, 1.165) is 4.31 Å². The van der Waals surface area contributed by atoms with Crippen molar-refractivity contribution in [2.45, 2.75) is 11.8 Å². The molecule has 0 fully saturated rings. The minimum Gasteiger partial charge on any atom is -0.324 e. The first-order valence-corrected chi connectivity index (χ1v) is 9.46. The zero-order valence-corrected chi connectivity index (χ0v) is 15.6. The zero-order valence-electron chi connectivity index (χ0n) is 14.0. The Labute approximate surface area is 156 Å². The van der Waals surface area contributed by atoms with Crippen LogP contribution in [0.1, 0.15) is 27.6 Å². The average Bonchev–Trinajstić information content (AvgIpc) is 2.61. The Bertz CT molecular complexity index is 1060. The fourth-order valence-electron chi connectivity index (χ4n) is 2.77. The van der Waals surface area contributed by atoms with Gasteiger partial charge in [0.15, 0.2) is 0 Å². The van der Waals surface area contributed by atoms with Crippen molar-refractivity contribution in [3.63, 3.8) is 0 Å². The second-order valence-corrected chi connectivity index (χ2v) is 8.05. The van der Waals surface area contributed by atoms with Gasteiger partial charge in [-0.1, -0.05) is 35.9 Å². The van der Waals surface area contributed by atoms with Crippen LogP contribution < -0.4 is 5.32 Å². The van der Waals surface area contributed by atoms with Gasteiger partial charge in [-0.05, 0) is 31.2 Å². The highest BCUT2D eigenvalue weighted by Crippen LogP contribution is 2.31. The highest BCUT2D eigenvalue weighted by molar-refractivity contribution is 7.89. The molecule has 0 aliphatic carbocycles. The fourth-order valence-corrected chi connectivity index (χ4v) is 4.43. The first-order valence-electron chi connectivity index (χ1n) is 7.64. The topological polar surface area (TPSA) is 83.5 Å². The van der Waals surface area contributed by atoms with Gasteiger partial charge >= 0.3 is 0 Å². The first-order chi connectivity index (χ1) is 12.2. The Kier molecular flexibility index (Phi) is 4.60.